The van der Waals surface area contributed by atoms with Gasteiger partial charge in [0.15, 0.2) is 0 Å². The second-order valence-electron chi connectivity index (χ2n) is 5.65. The Morgan fingerprint density at radius 3 is 2.50 bits per heavy atom. The van der Waals surface area contributed by atoms with Crippen LogP contribution in [0.2, 0.25) is 5.02 Å². The van der Waals surface area contributed by atoms with E-state index in [1.807, 2.05) is 57.3 Å². The Bertz CT molecular complexity index is 751. The van der Waals surface area contributed by atoms with Crippen LogP contribution in [0.25, 0.3) is 16.8 Å². The smallest absolute Gasteiger partial charge is 0.0781 e. The van der Waals surface area contributed by atoms with Crippen LogP contribution in [-0.4, -0.2) is 17.6 Å². The van der Waals surface area contributed by atoms with Crippen LogP contribution in [0.15, 0.2) is 60.4 Å². The van der Waals surface area contributed by atoms with Crippen molar-refractivity contribution < 1.29 is 0 Å². The van der Waals surface area contributed by atoms with E-state index in [1.54, 1.807) is 0 Å². The second-order valence-corrected chi connectivity index (χ2v) is 6.09. The highest BCUT2D eigenvalue weighted by Crippen LogP contribution is 2.31. The van der Waals surface area contributed by atoms with Gasteiger partial charge in [-0.2, -0.15) is 0 Å². The number of rotatable bonds is 2. The first-order valence-electron chi connectivity index (χ1n) is 9.13. The van der Waals surface area contributed by atoms with Crippen LogP contribution in [0.5, 0.6) is 0 Å². The van der Waals surface area contributed by atoms with Gasteiger partial charge in [0, 0.05) is 39.7 Å². The summed E-state index contributed by atoms with van der Waals surface area (Å²) in [5.74, 6) is 0. The van der Waals surface area contributed by atoms with Crippen molar-refractivity contribution >= 4 is 17.2 Å². The van der Waals surface area contributed by atoms with Crippen molar-refractivity contribution in [3.05, 3.63) is 71.0 Å². The molecular formula is C22H30ClN3. The molecule has 0 saturated carbocycles. The predicted octanol–water partition coefficient (Wildman–Crippen LogP) is 5.67. The molecule has 4 heteroatoms. The van der Waals surface area contributed by atoms with Crippen molar-refractivity contribution in [1.29, 1.82) is 0 Å². The maximum absolute atomic E-state index is 6.11. The molecule has 1 aliphatic heterocycles. The van der Waals surface area contributed by atoms with Gasteiger partial charge in [0.25, 0.3) is 0 Å². The zero-order valence-corrected chi connectivity index (χ0v) is 17.1. The summed E-state index contributed by atoms with van der Waals surface area (Å²) < 4.78 is 0. The number of aromatic nitrogens is 1. The highest BCUT2D eigenvalue weighted by atomic mass is 35.5. The molecule has 0 bridgehead atoms. The number of nitrogens with one attached hydrogen (secondary N) is 1. The summed E-state index contributed by atoms with van der Waals surface area (Å²) in [6.45, 7) is 10.9. The van der Waals surface area contributed by atoms with E-state index in [4.69, 9.17) is 17.3 Å². The number of hydrogen-bond acceptors (Lipinski definition) is 3. The van der Waals surface area contributed by atoms with Crippen molar-refractivity contribution in [2.75, 3.05) is 6.54 Å². The third-order valence-electron chi connectivity index (χ3n) is 3.60. The molecule has 3 nitrogen and oxygen atoms in total. The van der Waals surface area contributed by atoms with Crippen LogP contribution >= 0.6 is 11.6 Å². The number of pyridine rings is 1. The molecule has 0 radical (unpaired) electrons. The van der Waals surface area contributed by atoms with Crippen LogP contribution in [0.3, 0.4) is 0 Å². The van der Waals surface area contributed by atoms with Gasteiger partial charge in [0.2, 0.25) is 0 Å². The minimum Gasteiger partial charge on any atom is -0.382 e. The van der Waals surface area contributed by atoms with E-state index in [0.717, 1.165) is 28.4 Å². The highest BCUT2D eigenvalue weighted by molar-refractivity contribution is 6.30. The van der Waals surface area contributed by atoms with Gasteiger partial charge in [0.1, 0.15) is 0 Å². The zero-order chi connectivity index (χ0) is 19.5. The largest absolute Gasteiger partial charge is 0.382 e. The van der Waals surface area contributed by atoms with Crippen LogP contribution in [0, 0.1) is 0 Å². The molecule has 0 saturated heterocycles. The van der Waals surface area contributed by atoms with Crippen LogP contribution < -0.4 is 11.1 Å². The fourth-order valence-corrected chi connectivity index (χ4v) is 2.80. The summed E-state index contributed by atoms with van der Waals surface area (Å²) in [5, 5.41) is 4.18. The Morgan fingerprint density at radius 1 is 1.19 bits per heavy atom. The Morgan fingerprint density at radius 2 is 1.88 bits per heavy atom. The lowest BCUT2D eigenvalue weighted by Crippen LogP contribution is -2.25. The molecule has 0 spiro atoms. The van der Waals surface area contributed by atoms with Crippen molar-refractivity contribution in [2.24, 2.45) is 5.73 Å². The number of nitrogens with two attached hydrogens (primary N) is 1. The van der Waals surface area contributed by atoms with Gasteiger partial charge in [-0.1, -0.05) is 62.7 Å². The van der Waals surface area contributed by atoms with E-state index in [2.05, 4.69) is 42.4 Å². The molecular weight excluding hydrogens is 342 g/mol. The second kappa shape index (κ2) is 11.5. The van der Waals surface area contributed by atoms with E-state index in [9.17, 15) is 0 Å². The van der Waals surface area contributed by atoms with Crippen LogP contribution in [0.1, 0.15) is 40.2 Å². The normalized spacial score (nSPS) is 15.3. The molecule has 1 atom stereocenters. The SMILES string of the molecule is CC.CC1=C(c2cccnc2-c2cccc(Cl)c2)C=CC(C)N1.CCN. The van der Waals surface area contributed by atoms with Crippen molar-refractivity contribution in [1.82, 2.24) is 10.3 Å². The Hall–Kier alpha value is -2.10. The van der Waals surface area contributed by atoms with Gasteiger partial charge in [-0.05, 0) is 38.6 Å². The van der Waals surface area contributed by atoms with E-state index >= 15 is 0 Å². The van der Waals surface area contributed by atoms with E-state index in [-0.39, 0.29) is 0 Å². The third-order valence-corrected chi connectivity index (χ3v) is 3.83. The van der Waals surface area contributed by atoms with E-state index < -0.39 is 0 Å². The van der Waals surface area contributed by atoms with E-state index in [1.165, 1.54) is 11.3 Å². The number of benzene rings is 1. The molecule has 2 aromatic rings. The highest BCUT2D eigenvalue weighted by Gasteiger charge is 2.15. The van der Waals surface area contributed by atoms with Gasteiger partial charge in [-0.3, -0.25) is 4.98 Å². The first-order chi connectivity index (χ1) is 12.6. The maximum Gasteiger partial charge on any atom is 0.0781 e. The average Bonchev–Trinajstić information content (AvgIpc) is 2.64. The van der Waals surface area contributed by atoms with Crippen molar-refractivity contribution in [2.45, 2.75) is 40.7 Å². The Labute approximate surface area is 163 Å². The fourth-order valence-electron chi connectivity index (χ4n) is 2.61. The first kappa shape index (κ1) is 21.9. The minimum atomic E-state index is 0.361. The summed E-state index contributed by atoms with van der Waals surface area (Å²) >= 11 is 6.11. The van der Waals surface area contributed by atoms with Gasteiger partial charge in [-0.25, -0.2) is 0 Å². The maximum atomic E-state index is 6.11. The third kappa shape index (κ3) is 6.01. The molecule has 0 aliphatic carbocycles. The van der Waals surface area contributed by atoms with Crippen molar-refractivity contribution in [3.63, 3.8) is 0 Å². The quantitative estimate of drug-likeness (QED) is 0.714. The summed E-state index contributed by atoms with van der Waals surface area (Å²) in [4.78, 5) is 4.56. The van der Waals surface area contributed by atoms with Gasteiger partial charge >= 0.3 is 0 Å². The van der Waals surface area contributed by atoms with Gasteiger partial charge < -0.3 is 11.1 Å². The first-order valence-corrected chi connectivity index (χ1v) is 9.51. The molecule has 1 aromatic heterocycles. The number of halogens is 1. The molecule has 1 aliphatic rings. The molecule has 0 amide bonds. The molecule has 26 heavy (non-hydrogen) atoms. The van der Waals surface area contributed by atoms with Gasteiger partial charge in [-0.15, -0.1) is 0 Å². The van der Waals surface area contributed by atoms with Crippen molar-refractivity contribution in [3.8, 4) is 11.3 Å². The monoisotopic (exact) mass is 371 g/mol. The Balaban J connectivity index is 0.000000615. The summed E-state index contributed by atoms with van der Waals surface area (Å²) in [7, 11) is 0. The number of dihydropyridines is 1. The summed E-state index contributed by atoms with van der Waals surface area (Å²) in [5.41, 5.74) is 10.3. The topological polar surface area (TPSA) is 50.9 Å². The molecule has 1 unspecified atom stereocenters. The standard InChI is InChI=1S/C18H17ClN2.C2H7N.C2H6/c1-12-8-9-16(13(2)21-12)17-7-4-10-20-18(17)14-5-3-6-15(19)11-14;1-2-3;1-2/h3-12,21H,1-2H3;2-3H2,1H3;1-2H3. The number of hydrogen-bond donors (Lipinski definition) is 2. The lowest BCUT2D eigenvalue weighted by atomic mass is 9.95. The zero-order valence-electron chi connectivity index (χ0n) is 16.4. The molecule has 2 heterocycles. The Kier molecular flexibility index (Phi) is 9.71. The number of allylic oxidation sites excluding steroid dienone is 3. The van der Waals surface area contributed by atoms with Crippen LogP contribution in [-0.2, 0) is 0 Å². The molecule has 0 fully saturated rings. The number of nitrogens with zero attached hydrogens (tertiary/aromatic N) is 1. The molecule has 3 N–H and O–H groups in total. The summed E-state index contributed by atoms with van der Waals surface area (Å²) in [6.07, 6.45) is 6.15. The molecule has 3 rings (SSSR count). The minimum absolute atomic E-state index is 0.361. The van der Waals surface area contributed by atoms with Gasteiger partial charge in [0.05, 0.1) is 5.69 Å². The van der Waals surface area contributed by atoms with E-state index in [0.29, 0.717) is 6.04 Å². The molecule has 140 valence electrons. The lowest BCUT2D eigenvalue weighted by Gasteiger charge is -2.21. The average molecular weight is 372 g/mol. The fraction of sp³-hybridized carbons (Fsp3) is 0.318. The summed E-state index contributed by atoms with van der Waals surface area (Å²) in [6, 6.07) is 12.2. The molecule has 1 aromatic carbocycles. The van der Waals surface area contributed by atoms with Crippen LogP contribution in [0.4, 0.5) is 0 Å². The lowest BCUT2D eigenvalue weighted by molar-refractivity contribution is 0.722. The predicted molar refractivity (Wildman–Crippen MR) is 115 cm³/mol.